The molecule has 0 saturated heterocycles. The van der Waals surface area contributed by atoms with Crippen LogP contribution in [0.4, 0.5) is 8.78 Å². The lowest BCUT2D eigenvalue weighted by atomic mass is 9.98. The van der Waals surface area contributed by atoms with Crippen LogP contribution in [-0.2, 0) is 32.7 Å². The Morgan fingerprint density at radius 1 is 0.889 bits per heavy atom. The summed E-state index contributed by atoms with van der Waals surface area (Å²) in [6.07, 6.45) is -0.00668. The Morgan fingerprint density at radius 2 is 1.22 bits per heavy atom. The van der Waals surface area contributed by atoms with Crippen molar-refractivity contribution in [3.63, 3.8) is 0 Å². The minimum atomic E-state index is -5.10. The van der Waals surface area contributed by atoms with Crippen molar-refractivity contribution in [3.05, 3.63) is 0 Å². The summed E-state index contributed by atoms with van der Waals surface area (Å²) in [5, 5.41) is 0. The molecular weight excluding hydrogens is 385 g/mol. The largest absolute Gasteiger partial charge is 0.438 e. The summed E-state index contributed by atoms with van der Waals surface area (Å²) >= 11 is 0. The standard InChI is InChI=1S/C17H31F2O7P/c1-9-12(2)17(18,19)27(22,25-10-23-13(20)15(3,4)5)26-11-24-14(21)16(6,7)8/h12H,9-11H2,1-8H3. The van der Waals surface area contributed by atoms with E-state index in [9.17, 15) is 22.9 Å². The fourth-order valence-electron chi connectivity index (χ4n) is 1.46. The van der Waals surface area contributed by atoms with Gasteiger partial charge in [-0.2, -0.15) is 8.78 Å². The van der Waals surface area contributed by atoms with E-state index in [4.69, 9.17) is 18.5 Å². The highest BCUT2D eigenvalue weighted by Gasteiger charge is 2.57. The molecule has 0 N–H and O–H groups in total. The van der Waals surface area contributed by atoms with Crippen molar-refractivity contribution in [2.75, 3.05) is 13.6 Å². The van der Waals surface area contributed by atoms with Crippen LogP contribution in [0.15, 0.2) is 0 Å². The van der Waals surface area contributed by atoms with Gasteiger partial charge >= 0.3 is 25.2 Å². The minimum Gasteiger partial charge on any atom is -0.438 e. The summed E-state index contributed by atoms with van der Waals surface area (Å²) in [5.41, 5.74) is -5.66. The van der Waals surface area contributed by atoms with Crippen molar-refractivity contribution in [1.29, 1.82) is 0 Å². The summed E-state index contributed by atoms with van der Waals surface area (Å²) in [6, 6.07) is 0. The number of hydrogen-bond acceptors (Lipinski definition) is 7. The van der Waals surface area contributed by atoms with Crippen LogP contribution < -0.4 is 0 Å². The Hall–Kier alpha value is -1.05. The Kier molecular flexibility index (Phi) is 9.07. The van der Waals surface area contributed by atoms with E-state index >= 15 is 0 Å². The zero-order chi connectivity index (χ0) is 21.7. The number of hydrogen-bond donors (Lipinski definition) is 0. The highest BCUT2D eigenvalue weighted by Crippen LogP contribution is 2.65. The van der Waals surface area contributed by atoms with Crippen LogP contribution in [0.1, 0.15) is 61.8 Å². The molecule has 0 bridgehead atoms. The number of esters is 2. The van der Waals surface area contributed by atoms with Crippen LogP contribution in [0.5, 0.6) is 0 Å². The molecule has 1 atom stereocenters. The third kappa shape index (κ3) is 7.47. The Labute approximate surface area is 159 Å². The van der Waals surface area contributed by atoms with Crippen LogP contribution in [0.3, 0.4) is 0 Å². The van der Waals surface area contributed by atoms with Gasteiger partial charge in [0.1, 0.15) is 0 Å². The van der Waals surface area contributed by atoms with Gasteiger partial charge in [0.2, 0.25) is 13.6 Å². The molecule has 0 radical (unpaired) electrons. The van der Waals surface area contributed by atoms with E-state index in [1.807, 2.05) is 0 Å². The Balaban J connectivity index is 5.21. The molecule has 7 nitrogen and oxygen atoms in total. The molecule has 0 aromatic heterocycles. The van der Waals surface area contributed by atoms with Crippen LogP contribution in [0.25, 0.3) is 0 Å². The first kappa shape index (κ1) is 26.0. The average molecular weight is 416 g/mol. The average Bonchev–Trinajstić information content (AvgIpc) is 2.51. The van der Waals surface area contributed by atoms with Gasteiger partial charge < -0.3 is 9.47 Å². The third-order valence-electron chi connectivity index (χ3n) is 3.62. The lowest BCUT2D eigenvalue weighted by Crippen LogP contribution is -2.31. The maximum atomic E-state index is 14.6. The Bertz CT molecular complexity index is 529. The molecular formula is C17H31F2O7P. The monoisotopic (exact) mass is 416 g/mol. The summed E-state index contributed by atoms with van der Waals surface area (Å²) in [7, 11) is -5.10. The normalized spacial score (nSPS) is 14.6. The smallest absolute Gasteiger partial charge is 0.405 e. The maximum Gasteiger partial charge on any atom is 0.405 e. The molecule has 0 rings (SSSR count). The van der Waals surface area contributed by atoms with Gasteiger partial charge in [-0.1, -0.05) is 13.8 Å². The van der Waals surface area contributed by atoms with Crippen molar-refractivity contribution < 1.29 is 41.5 Å². The number of alkyl halides is 2. The molecule has 0 fully saturated rings. The summed E-state index contributed by atoms with van der Waals surface area (Å²) in [4.78, 5) is 23.4. The highest BCUT2D eigenvalue weighted by molar-refractivity contribution is 7.55. The van der Waals surface area contributed by atoms with E-state index in [2.05, 4.69) is 0 Å². The summed E-state index contributed by atoms with van der Waals surface area (Å²) < 4.78 is 60.8. The molecule has 0 aliphatic carbocycles. The van der Waals surface area contributed by atoms with Gasteiger partial charge in [0.25, 0.3) is 0 Å². The van der Waals surface area contributed by atoms with E-state index in [0.717, 1.165) is 0 Å². The van der Waals surface area contributed by atoms with Gasteiger partial charge in [0.05, 0.1) is 10.8 Å². The van der Waals surface area contributed by atoms with Crippen molar-refractivity contribution in [2.24, 2.45) is 16.7 Å². The molecule has 0 aliphatic rings. The van der Waals surface area contributed by atoms with E-state index in [1.54, 1.807) is 41.5 Å². The fourth-order valence-corrected chi connectivity index (χ4v) is 2.98. The summed E-state index contributed by atoms with van der Waals surface area (Å²) in [6.45, 7) is 10.1. The van der Waals surface area contributed by atoms with Gasteiger partial charge in [0.15, 0.2) is 0 Å². The molecule has 0 spiro atoms. The molecule has 0 saturated carbocycles. The first-order chi connectivity index (χ1) is 12.0. The molecule has 0 aromatic rings. The highest BCUT2D eigenvalue weighted by atomic mass is 31.2. The lowest BCUT2D eigenvalue weighted by Gasteiger charge is -2.30. The second kappa shape index (κ2) is 9.43. The fraction of sp³-hybridized carbons (Fsp3) is 0.882. The number of carbonyl (C=O) groups is 2. The van der Waals surface area contributed by atoms with Crippen LogP contribution in [0.2, 0.25) is 0 Å². The summed E-state index contributed by atoms with van der Waals surface area (Å²) in [5.74, 6) is -2.79. The van der Waals surface area contributed by atoms with Gasteiger partial charge in [-0.05, 0) is 48.0 Å². The lowest BCUT2D eigenvalue weighted by molar-refractivity contribution is -0.164. The van der Waals surface area contributed by atoms with E-state index < -0.39 is 55.5 Å². The van der Waals surface area contributed by atoms with Crippen molar-refractivity contribution in [3.8, 4) is 0 Å². The van der Waals surface area contributed by atoms with Crippen LogP contribution in [0, 0.1) is 16.7 Å². The second-order valence-electron chi connectivity index (χ2n) is 8.25. The SMILES string of the molecule is CCC(C)C(F)(F)P(=O)(OCOC(=O)C(C)(C)C)OCOC(=O)C(C)(C)C. The molecule has 0 heterocycles. The third-order valence-corrected chi connectivity index (χ3v) is 5.68. The quantitative estimate of drug-likeness (QED) is 0.299. The van der Waals surface area contributed by atoms with Crippen molar-refractivity contribution >= 4 is 19.5 Å². The van der Waals surface area contributed by atoms with E-state index in [0.29, 0.717) is 0 Å². The molecule has 160 valence electrons. The maximum absolute atomic E-state index is 14.6. The number of rotatable bonds is 9. The number of carbonyl (C=O) groups excluding carboxylic acids is 2. The van der Waals surface area contributed by atoms with Gasteiger partial charge in [0, 0.05) is 5.92 Å². The van der Waals surface area contributed by atoms with E-state index in [1.165, 1.54) is 13.8 Å². The first-order valence-corrected chi connectivity index (χ1v) is 10.1. The number of ether oxygens (including phenoxy) is 2. The van der Waals surface area contributed by atoms with Crippen molar-refractivity contribution in [1.82, 2.24) is 0 Å². The topological polar surface area (TPSA) is 88.1 Å². The van der Waals surface area contributed by atoms with Crippen LogP contribution >= 0.6 is 7.60 Å². The van der Waals surface area contributed by atoms with E-state index in [-0.39, 0.29) is 6.42 Å². The predicted molar refractivity (Wildman–Crippen MR) is 95.0 cm³/mol. The first-order valence-electron chi connectivity index (χ1n) is 8.60. The molecule has 1 unspecified atom stereocenters. The zero-order valence-electron chi connectivity index (χ0n) is 17.3. The molecule has 0 aromatic carbocycles. The van der Waals surface area contributed by atoms with Crippen molar-refractivity contribution in [2.45, 2.75) is 67.5 Å². The molecule has 0 amide bonds. The molecule has 10 heteroatoms. The minimum absolute atomic E-state index is 0.00668. The molecule has 0 aliphatic heterocycles. The predicted octanol–water partition coefficient (Wildman–Crippen LogP) is 4.95. The van der Waals surface area contributed by atoms with Gasteiger partial charge in [-0.15, -0.1) is 0 Å². The van der Waals surface area contributed by atoms with Gasteiger partial charge in [-0.3, -0.25) is 23.2 Å². The second-order valence-corrected chi connectivity index (χ2v) is 10.4. The van der Waals surface area contributed by atoms with Gasteiger partial charge in [-0.25, -0.2) is 0 Å². The van der Waals surface area contributed by atoms with Crippen LogP contribution in [-0.4, -0.2) is 31.2 Å². The Morgan fingerprint density at radius 3 is 1.48 bits per heavy atom. The molecule has 27 heavy (non-hydrogen) atoms. The zero-order valence-corrected chi connectivity index (χ0v) is 18.2. The number of halogens is 2.